The lowest BCUT2D eigenvalue weighted by Crippen LogP contribution is -2.41. The molecule has 0 aliphatic heterocycles. The van der Waals surface area contributed by atoms with Crippen LogP contribution in [0.1, 0.15) is 6.92 Å². The van der Waals surface area contributed by atoms with Gasteiger partial charge < -0.3 is 10.1 Å². The Balaban J connectivity index is 1.57. The van der Waals surface area contributed by atoms with E-state index >= 15 is 0 Å². The zero-order valence-corrected chi connectivity index (χ0v) is 14.1. The Morgan fingerprint density at radius 1 is 1.23 bits per heavy atom. The SMILES string of the molecule is CC(COc1ccc(F)cc1)NC(=O)Cn1nnc2ccccc2c1=O. The molecule has 1 N–H and O–H groups in total. The molecule has 0 saturated heterocycles. The van der Waals surface area contributed by atoms with E-state index in [1.54, 1.807) is 31.2 Å². The average Bonchev–Trinajstić information content (AvgIpc) is 2.64. The normalized spacial score (nSPS) is 11.9. The van der Waals surface area contributed by atoms with Crippen LogP contribution in [-0.2, 0) is 11.3 Å². The van der Waals surface area contributed by atoms with Crippen LogP contribution >= 0.6 is 0 Å². The second-order valence-electron chi connectivity index (χ2n) is 5.80. The summed E-state index contributed by atoms with van der Waals surface area (Å²) in [4.78, 5) is 24.4. The highest BCUT2D eigenvalue weighted by Gasteiger charge is 2.12. The van der Waals surface area contributed by atoms with Crippen molar-refractivity contribution in [3.05, 3.63) is 64.7 Å². The van der Waals surface area contributed by atoms with Crippen LogP contribution in [0.3, 0.4) is 0 Å². The summed E-state index contributed by atoms with van der Waals surface area (Å²) in [6, 6.07) is 12.1. The molecule has 7 nitrogen and oxygen atoms in total. The number of nitrogens with zero attached hydrogens (tertiary/aromatic N) is 3. The van der Waals surface area contributed by atoms with Gasteiger partial charge in [0.15, 0.2) is 0 Å². The molecule has 0 bridgehead atoms. The number of hydrogen-bond acceptors (Lipinski definition) is 5. The van der Waals surface area contributed by atoms with E-state index in [2.05, 4.69) is 15.6 Å². The molecule has 0 radical (unpaired) electrons. The Labute approximate surface area is 148 Å². The summed E-state index contributed by atoms with van der Waals surface area (Å²) in [6.07, 6.45) is 0. The fourth-order valence-corrected chi connectivity index (χ4v) is 2.38. The molecule has 1 atom stereocenters. The highest BCUT2D eigenvalue weighted by Crippen LogP contribution is 2.11. The van der Waals surface area contributed by atoms with Gasteiger partial charge in [-0.1, -0.05) is 17.3 Å². The van der Waals surface area contributed by atoms with Gasteiger partial charge in [0.25, 0.3) is 5.56 Å². The zero-order valence-electron chi connectivity index (χ0n) is 14.1. The quantitative estimate of drug-likeness (QED) is 0.724. The van der Waals surface area contributed by atoms with Crippen LogP contribution in [0.4, 0.5) is 4.39 Å². The van der Waals surface area contributed by atoms with Gasteiger partial charge in [0.1, 0.15) is 30.2 Å². The maximum Gasteiger partial charge on any atom is 0.278 e. The Morgan fingerprint density at radius 2 is 1.96 bits per heavy atom. The molecular formula is C18H17FN4O3. The molecule has 0 aliphatic rings. The van der Waals surface area contributed by atoms with Crippen molar-refractivity contribution >= 4 is 16.8 Å². The second kappa shape index (κ2) is 7.73. The Bertz CT molecular complexity index is 972. The molecule has 1 heterocycles. The molecule has 2 aromatic carbocycles. The molecule has 0 spiro atoms. The molecule has 1 amide bonds. The number of benzene rings is 2. The largest absolute Gasteiger partial charge is 0.491 e. The van der Waals surface area contributed by atoms with E-state index in [0.29, 0.717) is 16.7 Å². The van der Waals surface area contributed by atoms with Crippen molar-refractivity contribution in [3.8, 4) is 5.75 Å². The Kier molecular flexibility index (Phi) is 5.21. The van der Waals surface area contributed by atoms with Gasteiger partial charge in [-0.25, -0.2) is 9.07 Å². The third-order valence-corrected chi connectivity index (χ3v) is 3.64. The number of carbonyl (C=O) groups excluding carboxylic acids is 1. The van der Waals surface area contributed by atoms with Crippen LogP contribution in [-0.4, -0.2) is 33.5 Å². The lowest BCUT2D eigenvalue weighted by atomic mass is 10.2. The maximum absolute atomic E-state index is 12.8. The predicted octanol–water partition coefficient (Wildman–Crippen LogP) is 1.51. The van der Waals surface area contributed by atoms with E-state index in [-0.39, 0.29) is 36.5 Å². The number of aromatic nitrogens is 3. The molecule has 1 unspecified atom stereocenters. The van der Waals surface area contributed by atoms with Crippen molar-refractivity contribution in [3.63, 3.8) is 0 Å². The molecule has 0 aliphatic carbocycles. The van der Waals surface area contributed by atoms with Crippen molar-refractivity contribution in [2.45, 2.75) is 19.5 Å². The highest BCUT2D eigenvalue weighted by atomic mass is 19.1. The Hall–Kier alpha value is -3.29. The predicted molar refractivity (Wildman–Crippen MR) is 93.3 cm³/mol. The summed E-state index contributed by atoms with van der Waals surface area (Å²) in [6.45, 7) is 1.73. The molecule has 134 valence electrons. The summed E-state index contributed by atoms with van der Waals surface area (Å²) >= 11 is 0. The number of hydrogen-bond donors (Lipinski definition) is 1. The van der Waals surface area contributed by atoms with Gasteiger partial charge in [0.05, 0.1) is 11.4 Å². The van der Waals surface area contributed by atoms with Crippen molar-refractivity contribution in [1.29, 1.82) is 0 Å². The van der Waals surface area contributed by atoms with Crippen LogP contribution in [0.15, 0.2) is 53.3 Å². The summed E-state index contributed by atoms with van der Waals surface area (Å²) in [5.41, 5.74) is 0.108. The molecule has 8 heteroatoms. The first kappa shape index (κ1) is 17.5. The van der Waals surface area contributed by atoms with E-state index in [0.717, 1.165) is 4.68 Å². The van der Waals surface area contributed by atoms with Gasteiger partial charge in [0.2, 0.25) is 5.91 Å². The van der Waals surface area contributed by atoms with E-state index in [9.17, 15) is 14.0 Å². The van der Waals surface area contributed by atoms with Crippen molar-refractivity contribution < 1.29 is 13.9 Å². The van der Waals surface area contributed by atoms with Crippen LogP contribution in [0.5, 0.6) is 5.75 Å². The van der Waals surface area contributed by atoms with Gasteiger partial charge >= 0.3 is 0 Å². The molecule has 3 rings (SSSR count). The summed E-state index contributed by atoms with van der Waals surface area (Å²) in [5.74, 6) is -0.225. The zero-order chi connectivity index (χ0) is 18.5. The van der Waals surface area contributed by atoms with Crippen LogP contribution < -0.4 is 15.6 Å². The minimum atomic E-state index is -0.383. The summed E-state index contributed by atoms with van der Waals surface area (Å²) < 4.78 is 19.3. The summed E-state index contributed by atoms with van der Waals surface area (Å²) in [5, 5.41) is 10.8. The van der Waals surface area contributed by atoms with Gasteiger partial charge in [-0.3, -0.25) is 9.59 Å². The first-order chi connectivity index (χ1) is 12.5. The second-order valence-corrected chi connectivity index (χ2v) is 5.80. The van der Waals surface area contributed by atoms with Gasteiger partial charge in [-0.15, -0.1) is 5.10 Å². The van der Waals surface area contributed by atoms with Gasteiger partial charge in [-0.2, -0.15) is 0 Å². The number of nitrogens with one attached hydrogen (secondary N) is 1. The van der Waals surface area contributed by atoms with Crippen molar-refractivity contribution in [1.82, 2.24) is 20.3 Å². The van der Waals surface area contributed by atoms with Crippen molar-refractivity contribution in [2.75, 3.05) is 6.61 Å². The monoisotopic (exact) mass is 356 g/mol. The number of ether oxygens (including phenoxy) is 1. The molecular weight excluding hydrogens is 339 g/mol. The summed E-state index contributed by atoms with van der Waals surface area (Å²) in [7, 11) is 0. The fraction of sp³-hybridized carbons (Fsp3) is 0.222. The number of carbonyl (C=O) groups is 1. The van der Waals surface area contributed by atoms with E-state index in [4.69, 9.17) is 4.74 Å². The number of fused-ring (bicyclic) bond motifs is 1. The van der Waals surface area contributed by atoms with Crippen LogP contribution in [0, 0.1) is 5.82 Å². The van der Waals surface area contributed by atoms with Crippen LogP contribution in [0.25, 0.3) is 10.9 Å². The van der Waals surface area contributed by atoms with E-state index < -0.39 is 0 Å². The third kappa shape index (κ3) is 4.21. The van der Waals surface area contributed by atoms with Gasteiger partial charge in [-0.05, 0) is 43.3 Å². The average molecular weight is 356 g/mol. The first-order valence-electron chi connectivity index (χ1n) is 8.03. The molecule has 1 aromatic heterocycles. The molecule has 0 fully saturated rings. The first-order valence-corrected chi connectivity index (χ1v) is 8.03. The standard InChI is InChI=1S/C18H17FN4O3/c1-12(11-26-14-8-6-13(19)7-9-14)20-17(24)10-23-18(25)15-4-2-3-5-16(15)21-22-23/h2-9,12H,10-11H2,1H3,(H,20,24). The topological polar surface area (TPSA) is 86.1 Å². The van der Waals surface area contributed by atoms with Gasteiger partial charge in [0, 0.05) is 0 Å². The number of amides is 1. The minimum absolute atomic E-state index is 0.204. The maximum atomic E-state index is 12.8. The molecule has 0 saturated carbocycles. The van der Waals surface area contributed by atoms with Crippen LogP contribution in [0.2, 0.25) is 0 Å². The Morgan fingerprint density at radius 3 is 2.73 bits per heavy atom. The molecule has 26 heavy (non-hydrogen) atoms. The molecule has 3 aromatic rings. The fourth-order valence-electron chi connectivity index (χ4n) is 2.38. The van der Waals surface area contributed by atoms with E-state index in [1.165, 1.54) is 24.3 Å². The number of halogens is 1. The lowest BCUT2D eigenvalue weighted by molar-refractivity contribution is -0.122. The lowest BCUT2D eigenvalue weighted by Gasteiger charge is -2.15. The highest BCUT2D eigenvalue weighted by molar-refractivity contribution is 5.78. The smallest absolute Gasteiger partial charge is 0.278 e. The third-order valence-electron chi connectivity index (χ3n) is 3.64. The van der Waals surface area contributed by atoms with Crippen molar-refractivity contribution in [2.24, 2.45) is 0 Å². The minimum Gasteiger partial charge on any atom is -0.491 e. The van der Waals surface area contributed by atoms with E-state index in [1.807, 2.05) is 0 Å². The number of rotatable bonds is 6.